The molecule has 120 valence electrons. The normalized spacial score (nSPS) is 25.8. The Bertz CT molecular complexity index is 241. The lowest BCUT2D eigenvalue weighted by Gasteiger charge is -2.39. The molecule has 0 amide bonds. The summed E-state index contributed by atoms with van der Waals surface area (Å²) >= 11 is 0. The van der Waals surface area contributed by atoms with Gasteiger partial charge in [-0.2, -0.15) is 0 Å². The summed E-state index contributed by atoms with van der Waals surface area (Å²) < 4.78 is 10.3. The Hall–Kier alpha value is -0.200. The number of nitrogens with zero attached hydrogens (tertiary/aromatic N) is 1. The van der Waals surface area contributed by atoms with Crippen LogP contribution >= 0.6 is 0 Å². The smallest absolute Gasteiger partial charge is 0.0900 e. The largest absolute Gasteiger partial charge is 0.389 e. The minimum atomic E-state index is -0.403. The van der Waals surface area contributed by atoms with Crippen LogP contribution in [0.25, 0.3) is 0 Å². The van der Waals surface area contributed by atoms with Gasteiger partial charge in [0.05, 0.1) is 25.9 Å². The number of nitrogens with one attached hydrogen (secondary N) is 1. The Labute approximate surface area is 123 Å². The molecule has 0 spiro atoms. The number of rotatable bonds is 10. The zero-order chi connectivity index (χ0) is 14.8. The zero-order valence-corrected chi connectivity index (χ0v) is 13.3. The third-order valence-corrected chi connectivity index (χ3v) is 4.02. The number of hydrogen-bond donors (Lipinski definition) is 2. The van der Waals surface area contributed by atoms with Crippen LogP contribution in [0.15, 0.2) is 0 Å². The molecular weight excluding hydrogens is 256 g/mol. The van der Waals surface area contributed by atoms with E-state index in [-0.39, 0.29) is 0 Å². The van der Waals surface area contributed by atoms with Crippen LogP contribution in [0.5, 0.6) is 0 Å². The summed E-state index contributed by atoms with van der Waals surface area (Å²) in [5, 5.41) is 13.6. The van der Waals surface area contributed by atoms with Gasteiger partial charge in [-0.3, -0.25) is 0 Å². The van der Waals surface area contributed by atoms with Gasteiger partial charge in [0.1, 0.15) is 0 Å². The Balaban J connectivity index is 2.24. The molecule has 20 heavy (non-hydrogen) atoms. The molecule has 0 bridgehead atoms. The maximum Gasteiger partial charge on any atom is 0.0900 e. The maximum absolute atomic E-state index is 10.0. The number of likely N-dealkylation sites (tertiary alicyclic amines) is 1. The van der Waals surface area contributed by atoms with Crippen LogP contribution in [-0.4, -0.2) is 75.3 Å². The van der Waals surface area contributed by atoms with Gasteiger partial charge in [0.2, 0.25) is 0 Å². The molecule has 3 unspecified atom stereocenters. The molecule has 2 N–H and O–H groups in total. The lowest BCUT2D eigenvalue weighted by Crippen LogP contribution is -2.51. The lowest BCUT2D eigenvalue weighted by molar-refractivity contribution is -0.00807. The number of methoxy groups -OCH3 is 1. The molecule has 1 aliphatic rings. The van der Waals surface area contributed by atoms with E-state index >= 15 is 0 Å². The number of ether oxygens (including phenoxy) is 2. The third kappa shape index (κ3) is 6.50. The highest BCUT2D eigenvalue weighted by Crippen LogP contribution is 2.20. The fourth-order valence-electron chi connectivity index (χ4n) is 2.93. The van der Waals surface area contributed by atoms with Gasteiger partial charge in [0, 0.05) is 26.2 Å². The summed E-state index contributed by atoms with van der Waals surface area (Å²) in [5.41, 5.74) is 0. The molecule has 3 atom stereocenters. The highest BCUT2D eigenvalue weighted by molar-refractivity contribution is 4.85. The highest BCUT2D eigenvalue weighted by Gasteiger charge is 2.28. The van der Waals surface area contributed by atoms with E-state index in [2.05, 4.69) is 24.1 Å². The third-order valence-electron chi connectivity index (χ3n) is 4.02. The Morgan fingerprint density at radius 3 is 2.80 bits per heavy atom. The van der Waals surface area contributed by atoms with Crippen LogP contribution in [0.1, 0.15) is 26.7 Å². The van der Waals surface area contributed by atoms with Crippen molar-refractivity contribution in [1.82, 2.24) is 10.2 Å². The molecule has 5 heteroatoms. The van der Waals surface area contributed by atoms with Gasteiger partial charge in [-0.25, -0.2) is 0 Å². The van der Waals surface area contributed by atoms with Gasteiger partial charge in [-0.05, 0) is 25.4 Å². The summed E-state index contributed by atoms with van der Waals surface area (Å²) in [4.78, 5) is 2.37. The maximum atomic E-state index is 10.0. The van der Waals surface area contributed by atoms with Crippen molar-refractivity contribution in [2.45, 2.75) is 38.8 Å². The average molecular weight is 288 g/mol. The topological polar surface area (TPSA) is 54.0 Å². The first-order valence-electron chi connectivity index (χ1n) is 7.91. The van der Waals surface area contributed by atoms with Gasteiger partial charge in [-0.15, -0.1) is 0 Å². The van der Waals surface area contributed by atoms with Crippen molar-refractivity contribution in [2.24, 2.45) is 5.92 Å². The van der Waals surface area contributed by atoms with Crippen molar-refractivity contribution in [3.8, 4) is 0 Å². The van der Waals surface area contributed by atoms with Crippen molar-refractivity contribution in [1.29, 1.82) is 0 Å². The summed E-state index contributed by atoms with van der Waals surface area (Å²) in [6.07, 6.45) is 1.96. The molecule has 0 aromatic rings. The molecule has 0 aromatic carbocycles. The highest BCUT2D eigenvalue weighted by atomic mass is 16.5. The summed E-state index contributed by atoms with van der Waals surface area (Å²) in [6, 6.07) is 0.636. The van der Waals surface area contributed by atoms with E-state index in [1.165, 1.54) is 12.8 Å². The van der Waals surface area contributed by atoms with Gasteiger partial charge in [-0.1, -0.05) is 20.3 Å². The van der Waals surface area contributed by atoms with Crippen molar-refractivity contribution in [3.05, 3.63) is 0 Å². The van der Waals surface area contributed by atoms with E-state index in [4.69, 9.17) is 9.47 Å². The molecule has 1 heterocycles. The molecule has 0 aliphatic carbocycles. The lowest BCUT2D eigenvalue weighted by atomic mass is 9.89. The molecule has 1 saturated heterocycles. The Morgan fingerprint density at radius 1 is 1.35 bits per heavy atom. The van der Waals surface area contributed by atoms with Crippen LogP contribution in [-0.2, 0) is 9.47 Å². The summed E-state index contributed by atoms with van der Waals surface area (Å²) in [6.45, 7) is 9.83. The van der Waals surface area contributed by atoms with Crippen LogP contribution in [0.4, 0.5) is 0 Å². The zero-order valence-electron chi connectivity index (χ0n) is 13.3. The van der Waals surface area contributed by atoms with E-state index in [9.17, 15) is 5.11 Å². The van der Waals surface area contributed by atoms with E-state index in [0.29, 0.717) is 38.3 Å². The fraction of sp³-hybridized carbons (Fsp3) is 1.00. The van der Waals surface area contributed by atoms with Crippen LogP contribution in [0.3, 0.4) is 0 Å². The summed E-state index contributed by atoms with van der Waals surface area (Å²) in [7, 11) is 1.65. The average Bonchev–Trinajstić information content (AvgIpc) is 2.45. The van der Waals surface area contributed by atoms with E-state index in [0.717, 1.165) is 19.6 Å². The number of aliphatic hydroxyl groups excluding tert-OH is 1. The second-order valence-corrected chi connectivity index (χ2v) is 5.60. The molecule has 0 saturated carbocycles. The minimum absolute atomic E-state index is 0.396. The standard InChI is InChI=1S/C15H32N2O3/c1-4-13-10-17(7-6-15(13)16-5-2)11-14(18)12-20-9-8-19-3/h13-16,18H,4-12H2,1-3H3. The van der Waals surface area contributed by atoms with Crippen LogP contribution < -0.4 is 5.32 Å². The molecule has 1 aliphatic heterocycles. The SMILES string of the molecule is CCNC1CCN(CC(O)COCCOC)CC1CC. The van der Waals surface area contributed by atoms with Crippen molar-refractivity contribution < 1.29 is 14.6 Å². The first-order valence-corrected chi connectivity index (χ1v) is 7.91. The monoisotopic (exact) mass is 288 g/mol. The Morgan fingerprint density at radius 2 is 2.15 bits per heavy atom. The van der Waals surface area contributed by atoms with Crippen molar-refractivity contribution >= 4 is 0 Å². The van der Waals surface area contributed by atoms with Crippen LogP contribution in [0.2, 0.25) is 0 Å². The summed E-state index contributed by atoms with van der Waals surface area (Å²) in [5.74, 6) is 0.685. The molecule has 5 nitrogen and oxygen atoms in total. The first kappa shape index (κ1) is 17.9. The molecular formula is C15H32N2O3. The fourth-order valence-corrected chi connectivity index (χ4v) is 2.93. The van der Waals surface area contributed by atoms with Gasteiger partial charge in [0.15, 0.2) is 0 Å². The van der Waals surface area contributed by atoms with Gasteiger partial charge < -0.3 is 24.8 Å². The number of β-amino-alcohol motifs (C(OH)–C–C–N with tert-alkyl or cyclic N) is 1. The van der Waals surface area contributed by atoms with E-state index < -0.39 is 6.10 Å². The molecule has 0 aromatic heterocycles. The number of hydrogen-bond acceptors (Lipinski definition) is 5. The predicted molar refractivity (Wildman–Crippen MR) is 81.0 cm³/mol. The van der Waals surface area contributed by atoms with Gasteiger partial charge >= 0.3 is 0 Å². The second kappa shape index (κ2) is 10.5. The molecule has 0 radical (unpaired) electrons. The number of piperidine rings is 1. The van der Waals surface area contributed by atoms with Crippen LogP contribution in [0, 0.1) is 5.92 Å². The quantitative estimate of drug-likeness (QED) is 0.580. The van der Waals surface area contributed by atoms with E-state index in [1.54, 1.807) is 7.11 Å². The first-order chi connectivity index (χ1) is 9.71. The van der Waals surface area contributed by atoms with Crippen molar-refractivity contribution in [3.63, 3.8) is 0 Å². The van der Waals surface area contributed by atoms with E-state index in [1.807, 2.05) is 0 Å². The van der Waals surface area contributed by atoms with Crippen molar-refractivity contribution in [2.75, 3.05) is 53.1 Å². The molecule has 1 fully saturated rings. The number of aliphatic hydroxyl groups is 1. The molecule has 1 rings (SSSR count). The minimum Gasteiger partial charge on any atom is -0.389 e. The second-order valence-electron chi connectivity index (χ2n) is 5.60. The predicted octanol–water partition coefficient (Wildman–Crippen LogP) is 0.720. The van der Waals surface area contributed by atoms with Gasteiger partial charge in [0.25, 0.3) is 0 Å². The Kier molecular flexibility index (Phi) is 9.39.